The summed E-state index contributed by atoms with van der Waals surface area (Å²) >= 11 is 12.7. The van der Waals surface area contributed by atoms with E-state index in [1.807, 2.05) is 18.2 Å². The molecule has 0 aromatic heterocycles. The number of hydrogen-bond acceptors (Lipinski definition) is 2. The second-order valence-electron chi connectivity index (χ2n) is 4.67. The molecule has 0 aliphatic rings. The Morgan fingerprint density at radius 2 is 1.65 bits per heavy atom. The third kappa shape index (κ3) is 3.38. The van der Waals surface area contributed by atoms with Crippen LogP contribution in [0.5, 0.6) is 0 Å². The summed E-state index contributed by atoms with van der Waals surface area (Å²) in [4.78, 5) is 2.15. The Bertz CT molecular complexity index is 547. The third-order valence-electron chi connectivity index (χ3n) is 3.11. The molecule has 0 amide bonds. The number of nitrogens with zero attached hydrogens (tertiary/aromatic N) is 1. The molecule has 4 heteroatoms. The SMILES string of the molecule is CCCCN(c1ccccc1)c1c(Cl)cc(N)cc1Cl. The van der Waals surface area contributed by atoms with E-state index in [1.54, 1.807) is 12.1 Å². The van der Waals surface area contributed by atoms with Crippen molar-refractivity contribution >= 4 is 40.3 Å². The highest BCUT2D eigenvalue weighted by Gasteiger charge is 2.16. The number of unbranched alkanes of at least 4 members (excludes halogenated alkanes) is 1. The average molecular weight is 309 g/mol. The predicted octanol–water partition coefficient (Wildman–Crippen LogP) is 5.51. The van der Waals surface area contributed by atoms with Gasteiger partial charge in [-0.15, -0.1) is 0 Å². The van der Waals surface area contributed by atoms with Crippen LogP contribution in [-0.4, -0.2) is 6.54 Å². The average Bonchev–Trinajstić information content (AvgIpc) is 2.42. The second-order valence-corrected chi connectivity index (χ2v) is 5.49. The first-order valence-corrected chi connectivity index (χ1v) is 7.46. The van der Waals surface area contributed by atoms with E-state index in [4.69, 9.17) is 28.9 Å². The van der Waals surface area contributed by atoms with E-state index in [1.165, 1.54) is 0 Å². The van der Waals surface area contributed by atoms with E-state index in [-0.39, 0.29) is 0 Å². The molecule has 2 aromatic rings. The molecule has 106 valence electrons. The Kier molecular flexibility index (Phi) is 5.16. The number of anilines is 3. The molecule has 0 saturated heterocycles. The third-order valence-corrected chi connectivity index (χ3v) is 3.69. The summed E-state index contributed by atoms with van der Waals surface area (Å²) in [5.41, 5.74) is 8.26. The molecule has 0 spiro atoms. The molecule has 2 N–H and O–H groups in total. The van der Waals surface area contributed by atoms with E-state index < -0.39 is 0 Å². The van der Waals surface area contributed by atoms with Gasteiger partial charge in [0, 0.05) is 17.9 Å². The van der Waals surface area contributed by atoms with Gasteiger partial charge < -0.3 is 10.6 Å². The van der Waals surface area contributed by atoms with Gasteiger partial charge in [-0.05, 0) is 30.7 Å². The van der Waals surface area contributed by atoms with Crippen LogP contribution in [-0.2, 0) is 0 Å². The number of benzene rings is 2. The van der Waals surface area contributed by atoms with Crippen LogP contribution in [0, 0.1) is 0 Å². The summed E-state index contributed by atoms with van der Waals surface area (Å²) in [5.74, 6) is 0. The molecule has 2 nitrogen and oxygen atoms in total. The summed E-state index contributed by atoms with van der Waals surface area (Å²) in [6, 6.07) is 13.6. The van der Waals surface area contributed by atoms with Gasteiger partial charge in [0.15, 0.2) is 0 Å². The van der Waals surface area contributed by atoms with Crippen LogP contribution in [0.25, 0.3) is 0 Å². The molecule has 2 rings (SSSR count). The monoisotopic (exact) mass is 308 g/mol. The minimum atomic E-state index is 0.576. The van der Waals surface area contributed by atoms with E-state index in [0.29, 0.717) is 15.7 Å². The zero-order chi connectivity index (χ0) is 14.5. The minimum absolute atomic E-state index is 0.576. The Hall–Kier alpha value is -1.38. The van der Waals surface area contributed by atoms with Crippen LogP contribution in [0.1, 0.15) is 19.8 Å². The van der Waals surface area contributed by atoms with Crippen molar-refractivity contribution in [2.24, 2.45) is 0 Å². The molecule has 0 heterocycles. The smallest absolute Gasteiger partial charge is 0.0790 e. The lowest BCUT2D eigenvalue weighted by atomic mass is 10.2. The number of nitrogen functional groups attached to an aromatic ring is 1. The Balaban J connectivity index is 2.47. The number of rotatable bonds is 5. The number of para-hydroxylation sites is 1. The van der Waals surface area contributed by atoms with Gasteiger partial charge in [0.05, 0.1) is 15.7 Å². The van der Waals surface area contributed by atoms with Crippen molar-refractivity contribution in [3.8, 4) is 0 Å². The summed E-state index contributed by atoms with van der Waals surface area (Å²) in [6.45, 7) is 3.03. The molecular weight excluding hydrogens is 291 g/mol. The number of nitrogens with two attached hydrogens (primary N) is 1. The summed E-state index contributed by atoms with van der Waals surface area (Å²) in [5, 5.41) is 1.16. The first-order valence-electron chi connectivity index (χ1n) is 6.70. The Morgan fingerprint density at radius 3 is 2.20 bits per heavy atom. The van der Waals surface area contributed by atoms with Crippen LogP contribution in [0.2, 0.25) is 10.0 Å². The van der Waals surface area contributed by atoms with Gasteiger partial charge in [-0.25, -0.2) is 0 Å². The van der Waals surface area contributed by atoms with Crippen LogP contribution in [0.15, 0.2) is 42.5 Å². The van der Waals surface area contributed by atoms with Gasteiger partial charge in [0.1, 0.15) is 0 Å². The highest BCUT2D eigenvalue weighted by atomic mass is 35.5. The highest BCUT2D eigenvalue weighted by molar-refractivity contribution is 6.39. The second kappa shape index (κ2) is 6.87. The zero-order valence-electron chi connectivity index (χ0n) is 11.4. The maximum Gasteiger partial charge on any atom is 0.0790 e. The molecule has 0 saturated carbocycles. The molecule has 2 aromatic carbocycles. The molecule has 0 fully saturated rings. The van der Waals surface area contributed by atoms with Crippen molar-refractivity contribution in [1.82, 2.24) is 0 Å². The fourth-order valence-electron chi connectivity index (χ4n) is 2.14. The molecule has 0 bridgehead atoms. The lowest BCUT2D eigenvalue weighted by molar-refractivity contribution is 0.786. The summed E-state index contributed by atoms with van der Waals surface area (Å²) in [6.07, 6.45) is 2.17. The van der Waals surface area contributed by atoms with Crippen molar-refractivity contribution in [2.75, 3.05) is 17.2 Å². The first kappa shape index (κ1) is 15.0. The lowest BCUT2D eigenvalue weighted by Crippen LogP contribution is -2.19. The van der Waals surface area contributed by atoms with Crippen LogP contribution < -0.4 is 10.6 Å². The summed E-state index contributed by atoms with van der Waals surface area (Å²) < 4.78 is 0. The topological polar surface area (TPSA) is 29.3 Å². The zero-order valence-corrected chi connectivity index (χ0v) is 13.0. The first-order chi connectivity index (χ1) is 9.63. The van der Waals surface area contributed by atoms with Gasteiger partial charge in [0.2, 0.25) is 0 Å². The quantitative estimate of drug-likeness (QED) is 0.737. The Labute approximate surface area is 130 Å². The van der Waals surface area contributed by atoms with Crippen molar-refractivity contribution < 1.29 is 0 Å². The maximum atomic E-state index is 6.35. The van der Waals surface area contributed by atoms with Crippen molar-refractivity contribution in [3.05, 3.63) is 52.5 Å². The van der Waals surface area contributed by atoms with Gasteiger partial charge in [-0.3, -0.25) is 0 Å². The molecule has 0 radical (unpaired) electrons. The fourth-order valence-corrected chi connectivity index (χ4v) is 2.85. The number of hydrogen-bond donors (Lipinski definition) is 1. The van der Waals surface area contributed by atoms with Crippen molar-refractivity contribution in [1.29, 1.82) is 0 Å². The van der Waals surface area contributed by atoms with Crippen molar-refractivity contribution in [2.45, 2.75) is 19.8 Å². The molecule has 0 aliphatic carbocycles. The van der Waals surface area contributed by atoms with Gasteiger partial charge in [0.25, 0.3) is 0 Å². The highest BCUT2D eigenvalue weighted by Crippen LogP contribution is 2.39. The van der Waals surface area contributed by atoms with Gasteiger partial charge in [-0.2, -0.15) is 0 Å². The van der Waals surface area contributed by atoms with E-state index in [0.717, 1.165) is 30.8 Å². The largest absolute Gasteiger partial charge is 0.399 e. The van der Waals surface area contributed by atoms with E-state index in [2.05, 4.69) is 24.0 Å². The van der Waals surface area contributed by atoms with Gasteiger partial charge in [-0.1, -0.05) is 54.7 Å². The maximum absolute atomic E-state index is 6.35. The number of halogens is 2. The molecule has 0 unspecified atom stereocenters. The standard InChI is InChI=1S/C16H18Cl2N2/c1-2-3-9-20(13-7-5-4-6-8-13)16-14(17)10-12(19)11-15(16)18/h4-8,10-11H,2-3,9,19H2,1H3. The van der Waals surface area contributed by atoms with E-state index in [9.17, 15) is 0 Å². The predicted molar refractivity (Wildman–Crippen MR) is 89.2 cm³/mol. The normalized spacial score (nSPS) is 10.6. The Morgan fingerprint density at radius 1 is 1.05 bits per heavy atom. The lowest BCUT2D eigenvalue weighted by Gasteiger charge is -2.27. The van der Waals surface area contributed by atoms with Crippen molar-refractivity contribution in [3.63, 3.8) is 0 Å². The van der Waals surface area contributed by atoms with Gasteiger partial charge >= 0.3 is 0 Å². The summed E-state index contributed by atoms with van der Waals surface area (Å²) in [7, 11) is 0. The molecule has 20 heavy (non-hydrogen) atoms. The molecule has 0 aliphatic heterocycles. The van der Waals surface area contributed by atoms with Crippen LogP contribution in [0.4, 0.5) is 17.1 Å². The fraction of sp³-hybridized carbons (Fsp3) is 0.250. The molecule has 0 atom stereocenters. The van der Waals surface area contributed by atoms with Crippen LogP contribution >= 0.6 is 23.2 Å². The minimum Gasteiger partial charge on any atom is -0.399 e. The molecular formula is C16H18Cl2N2. The van der Waals surface area contributed by atoms with E-state index >= 15 is 0 Å². The van der Waals surface area contributed by atoms with Crippen LogP contribution in [0.3, 0.4) is 0 Å².